The molecule has 0 unspecified atom stereocenters. The number of aryl methyl sites for hydroxylation is 1. The first-order valence-electron chi connectivity index (χ1n) is 6.81. The third-order valence-corrected chi connectivity index (χ3v) is 2.73. The number of methoxy groups -OCH3 is 1. The summed E-state index contributed by atoms with van der Waals surface area (Å²) in [5.74, 6) is -0.483. The van der Waals surface area contributed by atoms with Crippen LogP contribution >= 0.6 is 0 Å². The Labute approximate surface area is 125 Å². The van der Waals surface area contributed by atoms with E-state index in [1.54, 1.807) is 19.1 Å². The molecule has 21 heavy (non-hydrogen) atoms. The molecule has 0 fully saturated rings. The Morgan fingerprint density at radius 3 is 2.38 bits per heavy atom. The highest BCUT2D eigenvalue weighted by Crippen LogP contribution is 2.21. The molecule has 1 aromatic carbocycles. The smallest absolute Gasteiger partial charge is 0.342 e. The molecule has 1 atom stereocenters. The zero-order valence-corrected chi connectivity index (χ0v) is 13.4. The van der Waals surface area contributed by atoms with Gasteiger partial charge in [-0.05, 0) is 46.8 Å². The second kappa shape index (κ2) is 6.61. The predicted molar refractivity (Wildman–Crippen MR) is 80.5 cm³/mol. The number of carbonyl (C=O) groups excluding carboxylic acids is 2. The van der Waals surface area contributed by atoms with Crippen LogP contribution in [-0.4, -0.2) is 30.6 Å². The number of hydrogen-bond donors (Lipinski definition) is 1. The average molecular weight is 293 g/mol. The van der Waals surface area contributed by atoms with E-state index in [4.69, 9.17) is 9.47 Å². The maximum atomic E-state index is 12.2. The lowest BCUT2D eigenvalue weighted by atomic mass is 10.1. The van der Waals surface area contributed by atoms with Crippen molar-refractivity contribution in [1.29, 1.82) is 0 Å². The average Bonchev–Trinajstić information content (AvgIpc) is 2.36. The van der Waals surface area contributed by atoms with Crippen LogP contribution < -0.4 is 10.1 Å². The maximum absolute atomic E-state index is 12.2. The van der Waals surface area contributed by atoms with Crippen LogP contribution in [0.5, 0.6) is 5.75 Å². The van der Waals surface area contributed by atoms with Gasteiger partial charge in [-0.25, -0.2) is 4.79 Å². The minimum atomic E-state index is -0.873. The summed E-state index contributed by atoms with van der Waals surface area (Å²) in [5, 5.41) is 2.77. The van der Waals surface area contributed by atoms with Gasteiger partial charge in [0.2, 0.25) is 0 Å². The molecule has 0 heterocycles. The molecule has 5 heteroatoms. The minimum Gasteiger partial charge on any atom is -0.496 e. The molecule has 0 aromatic heterocycles. The normalized spacial score (nSPS) is 12.5. The molecule has 5 nitrogen and oxygen atoms in total. The Bertz CT molecular complexity index is 532. The van der Waals surface area contributed by atoms with Gasteiger partial charge in [0, 0.05) is 5.54 Å². The summed E-state index contributed by atoms with van der Waals surface area (Å²) >= 11 is 0. The van der Waals surface area contributed by atoms with E-state index in [1.807, 2.05) is 33.8 Å². The van der Waals surface area contributed by atoms with E-state index >= 15 is 0 Å². The Kier molecular flexibility index (Phi) is 5.35. The quantitative estimate of drug-likeness (QED) is 0.866. The molecular formula is C16H23NO4. The SMILES string of the molecule is COc1ccc(C)cc1C(=O)O[C@@H](C)C(=O)NC(C)(C)C. The second-order valence-corrected chi connectivity index (χ2v) is 5.99. The number of ether oxygens (including phenoxy) is 2. The molecule has 116 valence electrons. The summed E-state index contributed by atoms with van der Waals surface area (Å²) in [7, 11) is 1.48. The lowest BCUT2D eigenvalue weighted by Crippen LogP contribution is -2.46. The minimum absolute atomic E-state index is 0.313. The Balaban J connectivity index is 2.81. The van der Waals surface area contributed by atoms with E-state index in [-0.39, 0.29) is 11.4 Å². The molecular weight excluding hydrogens is 270 g/mol. The molecule has 0 spiro atoms. The van der Waals surface area contributed by atoms with Gasteiger partial charge in [0.05, 0.1) is 7.11 Å². The summed E-state index contributed by atoms with van der Waals surface area (Å²) in [5.41, 5.74) is 0.848. The standard InChI is InChI=1S/C16H23NO4/c1-10-7-8-13(20-6)12(9-10)15(19)21-11(2)14(18)17-16(3,4)5/h7-9,11H,1-6H3,(H,17,18)/t11-/m0/s1. The van der Waals surface area contributed by atoms with Crippen molar-refractivity contribution < 1.29 is 19.1 Å². The Morgan fingerprint density at radius 1 is 1.24 bits per heavy atom. The van der Waals surface area contributed by atoms with Crippen molar-refractivity contribution >= 4 is 11.9 Å². The fraction of sp³-hybridized carbons (Fsp3) is 0.500. The van der Waals surface area contributed by atoms with Gasteiger partial charge in [0.1, 0.15) is 11.3 Å². The lowest BCUT2D eigenvalue weighted by Gasteiger charge is -2.23. The van der Waals surface area contributed by atoms with Crippen LogP contribution in [0.15, 0.2) is 18.2 Å². The molecule has 1 amide bonds. The van der Waals surface area contributed by atoms with Crippen molar-refractivity contribution in [3.63, 3.8) is 0 Å². The van der Waals surface area contributed by atoms with Crippen LogP contribution in [0, 0.1) is 6.92 Å². The molecule has 0 aliphatic heterocycles. The van der Waals surface area contributed by atoms with Crippen molar-refractivity contribution in [1.82, 2.24) is 5.32 Å². The van der Waals surface area contributed by atoms with Gasteiger partial charge in [0.25, 0.3) is 5.91 Å². The maximum Gasteiger partial charge on any atom is 0.342 e. The van der Waals surface area contributed by atoms with Gasteiger partial charge in [0.15, 0.2) is 6.10 Å². The summed E-state index contributed by atoms with van der Waals surface area (Å²) < 4.78 is 10.4. The molecule has 1 rings (SSSR count). The van der Waals surface area contributed by atoms with E-state index in [2.05, 4.69) is 5.32 Å². The number of rotatable bonds is 4. The lowest BCUT2D eigenvalue weighted by molar-refractivity contribution is -0.130. The van der Waals surface area contributed by atoms with Crippen molar-refractivity contribution in [2.45, 2.75) is 46.3 Å². The summed E-state index contributed by atoms with van der Waals surface area (Å²) in [6.45, 7) is 9.00. The second-order valence-electron chi connectivity index (χ2n) is 5.99. The van der Waals surface area contributed by atoms with E-state index < -0.39 is 12.1 Å². The number of nitrogens with one attached hydrogen (secondary N) is 1. The van der Waals surface area contributed by atoms with Crippen molar-refractivity contribution in [2.24, 2.45) is 0 Å². The zero-order chi connectivity index (χ0) is 16.2. The van der Waals surface area contributed by atoms with Crippen molar-refractivity contribution in [2.75, 3.05) is 7.11 Å². The fourth-order valence-electron chi connectivity index (χ4n) is 1.73. The molecule has 0 aliphatic rings. The number of carbonyl (C=O) groups is 2. The molecule has 0 aliphatic carbocycles. The third kappa shape index (κ3) is 5.10. The number of benzene rings is 1. The predicted octanol–water partition coefficient (Wildman–Crippen LogP) is 2.46. The molecule has 1 N–H and O–H groups in total. The Morgan fingerprint density at radius 2 is 1.86 bits per heavy atom. The van der Waals surface area contributed by atoms with Gasteiger partial charge in [-0.2, -0.15) is 0 Å². The van der Waals surface area contributed by atoms with Crippen LogP contribution in [0.1, 0.15) is 43.6 Å². The van der Waals surface area contributed by atoms with Crippen molar-refractivity contribution in [3.8, 4) is 5.75 Å². The van der Waals surface area contributed by atoms with Gasteiger partial charge in [-0.1, -0.05) is 11.6 Å². The summed E-state index contributed by atoms with van der Waals surface area (Å²) in [6.07, 6.45) is -0.873. The van der Waals surface area contributed by atoms with E-state index in [1.165, 1.54) is 7.11 Å². The van der Waals surface area contributed by atoms with Gasteiger partial charge in [-0.15, -0.1) is 0 Å². The van der Waals surface area contributed by atoms with E-state index in [0.717, 1.165) is 5.56 Å². The van der Waals surface area contributed by atoms with E-state index in [0.29, 0.717) is 11.3 Å². The topological polar surface area (TPSA) is 64.6 Å². The first kappa shape index (κ1) is 17.0. The van der Waals surface area contributed by atoms with Gasteiger partial charge < -0.3 is 14.8 Å². The highest BCUT2D eigenvalue weighted by molar-refractivity contribution is 5.94. The van der Waals surface area contributed by atoms with Crippen LogP contribution in [-0.2, 0) is 9.53 Å². The van der Waals surface area contributed by atoms with Gasteiger partial charge >= 0.3 is 5.97 Å². The molecule has 0 saturated heterocycles. The molecule has 0 bridgehead atoms. The van der Waals surface area contributed by atoms with E-state index in [9.17, 15) is 9.59 Å². The molecule has 1 aromatic rings. The van der Waals surface area contributed by atoms with Crippen LogP contribution in [0.25, 0.3) is 0 Å². The van der Waals surface area contributed by atoms with Crippen LogP contribution in [0.3, 0.4) is 0 Å². The third-order valence-electron chi connectivity index (χ3n) is 2.73. The summed E-state index contributed by atoms with van der Waals surface area (Å²) in [6, 6.07) is 5.22. The molecule has 0 radical (unpaired) electrons. The van der Waals surface area contributed by atoms with Crippen LogP contribution in [0.2, 0.25) is 0 Å². The highest BCUT2D eigenvalue weighted by Gasteiger charge is 2.24. The van der Waals surface area contributed by atoms with Crippen LogP contribution in [0.4, 0.5) is 0 Å². The monoisotopic (exact) mass is 293 g/mol. The first-order chi connectivity index (χ1) is 9.64. The fourth-order valence-corrected chi connectivity index (χ4v) is 1.73. The zero-order valence-electron chi connectivity index (χ0n) is 13.4. The number of amides is 1. The summed E-state index contributed by atoms with van der Waals surface area (Å²) in [4.78, 5) is 24.1. The largest absolute Gasteiger partial charge is 0.496 e. The van der Waals surface area contributed by atoms with Gasteiger partial charge in [-0.3, -0.25) is 4.79 Å². The number of esters is 1. The molecule has 0 saturated carbocycles. The first-order valence-corrected chi connectivity index (χ1v) is 6.81. The highest BCUT2D eigenvalue weighted by atomic mass is 16.5. The van der Waals surface area contributed by atoms with Crippen molar-refractivity contribution in [3.05, 3.63) is 29.3 Å². The number of hydrogen-bond acceptors (Lipinski definition) is 4. The Hall–Kier alpha value is -2.04.